The molecular weight excluding hydrogens is 356 g/mol. The number of carboxylic acids is 2. The smallest absolute Gasteiger partial charge is 0.336 e. The summed E-state index contributed by atoms with van der Waals surface area (Å²) >= 11 is 0. The van der Waals surface area contributed by atoms with E-state index in [1.165, 1.54) is 0 Å². The summed E-state index contributed by atoms with van der Waals surface area (Å²) in [6, 6.07) is 3.84. The number of fused-ring (bicyclic) bond motifs is 1. The van der Waals surface area contributed by atoms with Gasteiger partial charge >= 0.3 is 11.9 Å². The van der Waals surface area contributed by atoms with E-state index < -0.39 is 11.9 Å². The molecule has 152 valence electrons. The van der Waals surface area contributed by atoms with E-state index in [0.717, 1.165) is 42.4 Å². The molecule has 0 bridgehead atoms. The molecule has 0 spiro atoms. The van der Waals surface area contributed by atoms with Crippen molar-refractivity contribution in [3.05, 3.63) is 34.4 Å². The monoisotopic (exact) mass is 386 g/mol. The van der Waals surface area contributed by atoms with Gasteiger partial charge < -0.3 is 10.2 Å². The molecule has 0 radical (unpaired) electrons. The van der Waals surface area contributed by atoms with Gasteiger partial charge in [-0.2, -0.15) is 0 Å². The number of carbonyl (C=O) groups is 3. The van der Waals surface area contributed by atoms with Gasteiger partial charge in [-0.3, -0.25) is 9.59 Å². The molecule has 0 aromatic heterocycles. The third kappa shape index (κ3) is 3.71. The Hall–Kier alpha value is -2.17. The van der Waals surface area contributed by atoms with E-state index in [-0.39, 0.29) is 29.0 Å². The minimum absolute atomic E-state index is 0.0752. The highest BCUT2D eigenvalue weighted by Gasteiger charge is 2.40. The molecule has 5 heteroatoms. The van der Waals surface area contributed by atoms with E-state index in [0.29, 0.717) is 24.8 Å². The first-order valence-electron chi connectivity index (χ1n) is 10.2. The van der Waals surface area contributed by atoms with E-state index >= 15 is 0 Å². The van der Waals surface area contributed by atoms with E-state index in [9.17, 15) is 19.5 Å². The van der Waals surface area contributed by atoms with Gasteiger partial charge in [-0.15, -0.1) is 0 Å². The van der Waals surface area contributed by atoms with Crippen LogP contribution in [0.5, 0.6) is 0 Å². The van der Waals surface area contributed by atoms with Crippen LogP contribution in [0.4, 0.5) is 0 Å². The molecule has 2 N–H and O–H groups in total. The molecule has 0 saturated heterocycles. The number of carbonyl (C=O) groups excluding carboxylic acids is 1. The number of rotatable bonds is 6. The molecule has 1 unspecified atom stereocenters. The number of aliphatic carboxylic acids is 1. The number of hydrogen-bond acceptors (Lipinski definition) is 3. The molecular formula is C23H30O5. The van der Waals surface area contributed by atoms with Crippen molar-refractivity contribution in [1.29, 1.82) is 0 Å². The molecule has 0 heterocycles. The van der Waals surface area contributed by atoms with Crippen molar-refractivity contribution in [1.82, 2.24) is 0 Å². The lowest BCUT2D eigenvalue weighted by molar-refractivity contribution is -0.137. The van der Waals surface area contributed by atoms with Crippen molar-refractivity contribution in [2.45, 2.75) is 77.6 Å². The first-order valence-corrected chi connectivity index (χ1v) is 10.2. The molecule has 2 atom stereocenters. The van der Waals surface area contributed by atoms with Gasteiger partial charge in [-0.05, 0) is 60.6 Å². The predicted octanol–water partition coefficient (Wildman–Crippen LogP) is 4.39. The highest BCUT2D eigenvalue weighted by Crippen LogP contribution is 2.45. The van der Waals surface area contributed by atoms with Gasteiger partial charge in [0.15, 0.2) is 0 Å². The van der Waals surface area contributed by atoms with Crippen molar-refractivity contribution in [2.75, 3.05) is 0 Å². The van der Waals surface area contributed by atoms with E-state index in [1.807, 2.05) is 32.9 Å². The molecule has 3 rings (SSSR count). The average Bonchev–Trinajstić information content (AvgIpc) is 2.94. The van der Waals surface area contributed by atoms with Gasteiger partial charge in [0.05, 0.1) is 5.56 Å². The molecule has 0 aliphatic heterocycles. The summed E-state index contributed by atoms with van der Waals surface area (Å²) in [5.41, 5.74) is 2.24. The summed E-state index contributed by atoms with van der Waals surface area (Å²) in [6.45, 7) is 5.99. The number of carboxylic acid groups (broad SMARTS) is 2. The highest BCUT2D eigenvalue weighted by molar-refractivity contribution is 5.93. The second kappa shape index (κ2) is 7.34. The molecule has 1 aromatic rings. The Morgan fingerprint density at radius 3 is 2.50 bits per heavy atom. The van der Waals surface area contributed by atoms with Crippen LogP contribution in [0.2, 0.25) is 0 Å². The van der Waals surface area contributed by atoms with Gasteiger partial charge in [0.2, 0.25) is 0 Å². The van der Waals surface area contributed by atoms with Crippen molar-refractivity contribution >= 4 is 17.7 Å². The normalized spacial score (nSPS) is 26.1. The summed E-state index contributed by atoms with van der Waals surface area (Å²) in [5, 5.41) is 19.0. The Balaban J connectivity index is 1.94. The van der Waals surface area contributed by atoms with Crippen molar-refractivity contribution in [3.63, 3.8) is 0 Å². The summed E-state index contributed by atoms with van der Waals surface area (Å²) < 4.78 is 0. The number of ketones is 1. The van der Waals surface area contributed by atoms with Gasteiger partial charge in [0.25, 0.3) is 0 Å². The summed E-state index contributed by atoms with van der Waals surface area (Å²) in [5.74, 6) is -1.67. The van der Waals surface area contributed by atoms with Gasteiger partial charge in [-0.25, -0.2) is 4.79 Å². The zero-order chi connectivity index (χ0) is 20.7. The van der Waals surface area contributed by atoms with Gasteiger partial charge in [-0.1, -0.05) is 39.3 Å². The van der Waals surface area contributed by atoms with Crippen molar-refractivity contribution < 1.29 is 24.6 Å². The van der Waals surface area contributed by atoms with Crippen LogP contribution in [0.1, 0.15) is 86.3 Å². The third-order valence-corrected chi connectivity index (χ3v) is 6.94. The first-order chi connectivity index (χ1) is 13.0. The van der Waals surface area contributed by atoms with E-state index in [1.54, 1.807) is 0 Å². The molecule has 2 aliphatic rings. The Morgan fingerprint density at radius 2 is 1.86 bits per heavy atom. The van der Waals surface area contributed by atoms with Crippen LogP contribution in [0.25, 0.3) is 0 Å². The Bertz CT molecular complexity index is 823. The quantitative estimate of drug-likeness (QED) is 0.756. The van der Waals surface area contributed by atoms with E-state index in [4.69, 9.17) is 5.11 Å². The lowest BCUT2D eigenvalue weighted by Crippen LogP contribution is -2.36. The standard InChI is InChI=1S/C23H30O5/c1-22(2)10-4-5-15(20(22)26)13-14-6-7-17-16(19(14)21(27)28)8-11-23(17,3)12-9-18(24)25/h6-7,15H,4-5,8-13H2,1-3H3,(H,24,25)(H,27,28)/t15?,23-/m0/s1. The van der Waals surface area contributed by atoms with Crippen molar-refractivity contribution in [3.8, 4) is 0 Å². The Kier molecular flexibility index (Phi) is 5.39. The fraction of sp³-hybridized carbons (Fsp3) is 0.609. The number of Topliss-reactive ketones (excluding diaryl/α,β-unsaturated/α-hetero) is 1. The molecule has 0 amide bonds. The zero-order valence-corrected chi connectivity index (χ0v) is 17.0. The molecule has 1 fully saturated rings. The summed E-state index contributed by atoms with van der Waals surface area (Å²) in [7, 11) is 0. The molecule has 28 heavy (non-hydrogen) atoms. The average molecular weight is 386 g/mol. The number of hydrogen-bond donors (Lipinski definition) is 2. The third-order valence-electron chi connectivity index (χ3n) is 6.94. The molecule has 2 aliphatic carbocycles. The van der Waals surface area contributed by atoms with E-state index in [2.05, 4.69) is 0 Å². The molecule has 1 saturated carbocycles. The minimum Gasteiger partial charge on any atom is -0.481 e. The van der Waals surface area contributed by atoms with Crippen LogP contribution in [-0.2, 0) is 27.8 Å². The maximum Gasteiger partial charge on any atom is 0.336 e. The zero-order valence-electron chi connectivity index (χ0n) is 17.0. The first kappa shape index (κ1) is 20.6. The molecule has 1 aromatic carbocycles. The highest BCUT2D eigenvalue weighted by atomic mass is 16.4. The van der Waals surface area contributed by atoms with Crippen LogP contribution >= 0.6 is 0 Å². The van der Waals surface area contributed by atoms with Crippen LogP contribution in [0.3, 0.4) is 0 Å². The Morgan fingerprint density at radius 1 is 1.14 bits per heavy atom. The summed E-state index contributed by atoms with van der Waals surface area (Å²) in [4.78, 5) is 36.0. The SMILES string of the molecule is CC1(C)CCCC(Cc2ccc3c(c2C(=O)O)CC[C@@]3(C)CCC(=O)O)C1=O. The second-order valence-corrected chi connectivity index (χ2v) is 9.43. The molecule has 5 nitrogen and oxygen atoms in total. The number of aromatic carboxylic acids is 1. The van der Waals surface area contributed by atoms with Crippen LogP contribution in [-0.4, -0.2) is 27.9 Å². The lowest BCUT2D eigenvalue weighted by atomic mass is 9.69. The minimum atomic E-state index is -0.947. The predicted molar refractivity (Wildman–Crippen MR) is 106 cm³/mol. The topological polar surface area (TPSA) is 91.7 Å². The second-order valence-electron chi connectivity index (χ2n) is 9.43. The van der Waals surface area contributed by atoms with Crippen LogP contribution in [0.15, 0.2) is 12.1 Å². The Labute approximate surface area is 166 Å². The fourth-order valence-electron chi connectivity index (χ4n) is 5.19. The maximum atomic E-state index is 12.8. The maximum absolute atomic E-state index is 12.8. The summed E-state index contributed by atoms with van der Waals surface area (Å²) in [6.07, 6.45) is 5.15. The van der Waals surface area contributed by atoms with Crippen LogP contribution in [0, 0.1) is 11.3 Å². The van der Waals surface area contributed by atoms with Crippen LogP contribution < -0.4 is 0 Å². The largest absolute Gasteiger partial charge is 0.481 e. The fourth-order valence-corrected chi connectivity index (χ4v) is 5.19. The van der Waals surface area contributed by atoms with Crippen molar-refractivity contribution in [2.24, 2.45) is 11.3 Å². The number of benzene rings is 1. The van der Waals surface area contributed by atoms with Gasteiger partial charge in [0, 0.05) is 17.8 Å². The lowest BCUT2D eigenvalue weighted by Gasteiger charge is -2.34. The van der Waals surface area contributed by atoms with Gasteiger partial charge in [0.1, 0.15) is 5.78 Å².